The van der Waals surface area contributed by atoms with Gasteiger partial charge < -0.3 is 5.32 Å². The van der Waals surface area contributed by atoms with Crippen LogP contribution in [0.2, 0.25) is 0 Å². The van der Waals surface area contributed by atoms with Crippen LogP contribution in [0.5, 0.6) is 0 Å². The van der Waals surface area contributed by atoms with Crippen molar-refractivity contribution in [3.05, 3.63) is 96.6 Å². The highest BCUT2D eigenvalue weighted by Gasteiger charge is 2.43. The average molecular weight is 356 g/mol. The summed E-state index contributed by atoms with van der Waals surface area (Å²) in [5.41, 5.74) is 2.50. The lowest BCUT2D eigenvalue weighted by molar-refractivity contribution is -0.131. The van der Waals surface area contributed by atoms with Gasteiger partial charge in [0.15, 0.2) is 0 Å². The molecule has 2 atom stereocenters. The van der Waals surface area contributed by atoms with Crippen LogP contribution < -0.4 is 10.2 Å². The van der Waals surface area contributed by atoms with E-state index in [0.717, 1.165) is 16.9 Å². The number of nitrogens with one attached hydrogen (secondary N) is 1. The Morgan fingerprint density at radius 2 is 1.26 bits per heavy atom. The Bertz CT molecular complexity index is 887. The molecule has 134 valence electrons. The molecule has 2 amide bonds. The number of hydrogen-bond donors (Lipinski definition) is 1. The van der Waals surface area contributed by atoms with Crippen molar-refractivity contribution in [3.63, 3.8) is 0 Å². The smallest absolute Gasteiger partial charge is 0.244 e. The molecule has 4 nitrogen and oxygen atoms in total. The van der Waals surface area contributed by atoms with E-state index in [1.807, 2.05) is 91.0 Å². The zero-order valence-corrected chi connectivity index (χ0v) is 14.8. The Kier molecular flexibility index (Phi) is 4.71. The molecule has 1 saturated heterocycles. The zero-order chi connectivity index (χ0) is 18.6. The molecule has 0 saturated carbocycles. The summed E-state index contributed by atoms with van der Waals surface area (Å²) in [7, 11) is 0. The van der Waals surface area contributed by atoms with Crippen molar-refractivity contribution in [1.82, 2.24) is 5.32 Å². The second kappa shape index (κ2) is 7.46. The first kappa shape index (κ1) is 17.0. The Morgan fingerprint density at radius 1 is 0.778 bits per heavy atom. The molecule has 1 aliphatic heterocycles. The number of benzene rings is 3. The van der Waals surface area contributed by atoms with E-state index in [9.17, 15) is 9.59 Å². The third kappa shape index (κ3) is 3.34. The summed E-state index contributed by atoms with van der Waals surface area (Å²) >= 11 is 0. The highest BCUT2D eigenvalue weighted by atomic mass is 16.2. The Hall–Kier alpha value is -3.40. The number of rotatable bonds is 4. The maximum atomic E-state index is 13.6. The lowest BCUT2D eigenvalue weighted by atomic mass is 9.87. The van der Waals surface area contributed by atoms with E-state index >= 15 is 0 Å². The summed E-state index contributed by atoms with van der Waals surface area (Å²) in [6.07, 6.45) is 0. The predicted molar refractivity (Wildman–Crippen MR) is 106 cm³/mol. The van der Waals surface area contributed by atoms with E-state index in [2.05, 4.69) is 5.32 Å². The van der Waals surface area contributed by atoms with Crippen LogP contribution in [0.4, 0.5) is 11.4 Å². The van der Waals surface area contributed by atoms with Gasteiger partial charge in [0.1, 0.15) is 5.92 Å². The topological polar surface area (TPSA) is 49.4 Å². The molecule has 1 aliphatic rings. The zero-order valence-electron chi connectivity index (χ0n) is 14.8. The lowest BCUT2D eigenvalue weighted by Crippen LogP contribution is -2.38. The van der Waals surface area contributed by atoms with Gasteiger partial charge in [0.2, 0.25) is 11.8 Å². The minimum absolute atomic E-state index is 0.180. The van der Waals surface area contributed by atoms with Gasteiger partial charge in [0, 0.05) is 23.8 Å². The monoisotopic (exact) mass is 356 g/mol. The van der Waals surface area contributed by atoms with Gasteiger partial charge in [-0.25, -0.2) is 0 Å². The van der Waals surface area contributed by atoms with Gasteiger partial charge >= 0.3 is 0 Å². The largest absolute Gasteiger partial charge is 0.355 e. The molecule has 4 rings (SSSR count). The maximum absolute atomic E-state index is 13.6. The van der Waals surface area contributed by atoms with Crippen LogP contribution in [-0.2, 0) is 9.59 Å². The standard InChI is InChI=1S/C23H20N2O2/c26-22-21(20(16-24-22)17-10-4-1-5-11-17)23(27)25(18-12-6-2-7-13-18)19-14-8-3-9-15-19/h1-15,20-21H,16H2,(H,24,26)/t20-,21+/m0/s1. The molecule has 0 bridgehead atoms. The number of nitrogens with zero attached hydrogens (tertiary/aromatic N) is 1. The summed E-state index contributed by atoms with van der Waals surface area (Å²) in [6, 6.07) is 28.7. The molecule has 1 fully saturated rings. The number of carbonyl (C=O) groups excluding carboxylic acids is 2. The molecule has 1 N–H and O–H groups in total. The molecule has 0 aliphatic carbocycles. The molecule has 1 heterocycles. The molecule has 4 heteroatoms. The third-order valence-corrected chi connectivity index (χ3v) is 4.92. The van der Waals surface area contributed by atoms with Crippen molar-refractivity contribution in [2.75, 3.05) is 11.4 Å². The fourth-order valence-corrected chi connectivity index (χ4v) is 3.61. The number of anilines is 2. The van der Waals surface area contributed by atoms with Crippen molar-refractivity contribution in [3.8, 4) is 0 Å². The van der Waals surface area contributed by atoms with Crippen LogP contribution in [-0.4, -0.2) is 18.4 Å². The molecule has 0 spiro atoms. The van der Waals surface area contributed by atoms with Crippen molar-refractivity contribution in [2.24, 2.45) is 5.92 Å². The first-order valence-corrected chi connectivity index (χ1v) is 9.02. The first-order chi connectivity index (χ1) is 13.3. The minimum atomic E-state index is -0.757. The first-order valence-electron chi connectivity index (χ1n) is 9.02. The molecule has 0 aromatic heterocycles. The molecule has 3 aromatic carbocycles. The van der Waals surface area contributed by atoms with Gasteiger partial charge in [0.05, 0.1) is 0 Å². The Labute approximate surface area is 158 Å². The Morgan fingerprint density at radius 3 is 1.78 bits per heavy atom. The maximum Gasteiger partial charge on any atom is 0.244 e. The van der Waals surface area contributed by atoms with Gasteiger partial charge in [-0.15, -0.1) is 0 Å². The van der Waals surface area contributed by atoms with Crippen LogP contribution in [0.25, 0.3) is 0 Å². The number of amides is 2. The third-order valence-electron chi connectivity index (χ3n) is 4.92. The quantitative estimate of drug-likeness (QED) is 0.721. The van der Waals surface area contributed by atoms with Crippen molar-refractivity contribution >= 4 is 23.2 Å². The van der Waals surface area contributed by atoms with Gasteiger partial charge in [-0.3, -0.25) is 14.5 Å². The van der Waals surface area contributed by atoms with E-state index in [0.29, 0.717) is 6.54 Å². The van der Waals surface area contributed by atoms with Crippen molar-refractivity contribution < 1.29 is 9.59 Å². The summed E-state index contributed by atoms with van der Waals surface area (Å²) in [6.45, 7) is 0.469. The molecule has 3 aromatic rings. The number of para-hydroxylation sites is 2. The lowest BCUT2D eigenvalue weighted by Gasteiger charge is -2.27. The highest BCUT2D eigenvalue weighted by Crippen LogP contribution is 2.34. The van der Waals surface area contributed by atoms with Gasteiger partial charge in [0.25, 0.3) is 0 Å². The van der Waals surface area contributed by atoms with E-state index < -0.39 is 5.92 Å². The number of hydrogen-bond acceptors (Lipinski definition) is 2. The average Bonchev–Trinajstić information content (AvgIpc) is 3.12. The SMILES string of the molecule is O=C1NC[C@@H](c2ccccc2)[C@H]1C(=O)N(c1ccccc1)c1ccccc1. The van der Waals surface area contributed by atoms with Crippen LogP contribution in [0.3, 0.4) is 0 Å². The summed E-state index contributed by atoms with van der Waals surface area (Å²) < 4.78 is 0. The van der Waals surface area contributed by atoms with E-state index in [-0.39, 0.29) is 17.7 Å². The highest BCUT2D eigenvalue weighted by molar-refractivity contribution is 6.13. The summed E-state index contributed by atoms with van der Waals surface area (Å²) in [4.78, 5) is 27.9. The number of carbonyl (C=O) groups is 2. The van der Waals surface area contributed by atoms with Crippen LogP contribution in [0.1, 0.15) is 11.5 Å². The van der Waals surface area contributed by atoms with Gasteiger partial charge in [-0.05, 0) is 29.8 Å². The molecule has 0 unspecified atom stereocenters. The van der Waals surface area contributed by atoms with Crippen molar-refractivity contribution in [2.45, 2.75) is 5.92 Å². The minimum Gasteiger partial charge on any atom is -0.355 e. The normalized spacial score (nSPS) is 18.7. The summed E-state index contributed by atoms with van der Waals surface area (Å²) in [5.74, 6) is -1.36. The predicted octanol–water partition coefficient (Wildman–Crippen LogP) is 3.88. The van der Waals surface area contributed by atoms with E-state index in [1.165, 1.54) is 0 Å². The molecular weight excluding hydrogens is 336 g/mol. The molecule has 27 heavy (non-hydrogen) atoms. The fourth-order valence-electron chi connectivity index (χ4n) is 3.61. The van der Waals surface area contributed by atoms with Crippen LogP contribution in [0, 0.1) is 5.92 Å². The van der Waals surface area contributed by atoms with Crippen LogP contribution >= 0.6 is 0 Å². The Balaban J connectivity index is 1.75. The second-order valence-corrected chi connectivity index (χ2v) is 6.58. The van der Waals surface area contributed by atoms with Crippen molar-refractivity contribution in [1.29, 1.82) is 0 Å². The fraction of sp³-hybridized carbons (Fsp3) is 0.130. The van der Waals surface area contributed by atoms with E-state index in [1.54, 1.807) is 4.90 Å². The second-order valence-electron chi connectivity index (χ2n) is 6.58. The van der Waals surface area contributed by atoms with Gasteiger partial charge in [-0.1, -0.05) is 66.7 Å². The molecular formula is C23H20N2O2. The van der Waals surface area contributed by atoms with Gasteiger partial charge in [-0.2, -0.15) is 0 Å². The van der Waals surface area contributed by atoms with E-state index in [4.69, 9.17) is 0 Å². The molecule has 0 radical (unpaired) electrons. The van der Waals surface area contributed by atoms with Crippen LogP contribution in [0.15, 0.2) is 91.0 Å². The summed E-state index contributed by atoms with van der Waals surface area (Å²) in [5, 5.41) is 2.87.